The number of benzene rings is 1. The number of nitrogens with one attached hydrogen (secondary N) is 1. The summed E-state index contributed by atoms with van der Waals surface area (Å²) in [5, 5.41) is 3.02. The van der Waals surface area contributed by atoms with E-state index in [4.69, 9.17) is 14.2 Å². The Balaban J connectivity index is 2.18. The van der Waals surface area contributed by atoms with E-state index < -0.39 is 5.97 Å². The number of fused-ring (bicyclic) bond motifs is 1. The Hall–Kier alpha value is -1.95. The third-order valence-electron chi connectivity index (χ3n) is 2.50. The zero-order valence-electron chi connectivity index (χ0n) is 10.3. The maximum Gasteiger partial charge on any atom is 0.343 e. The number of carbonyl (C=O) groups excluding carboxylic acids is 1. The lowest BCUT2D eigenvalue weighted by Crippen LogP contribution is -2.14. The summed E-state index contributed by atoms with van der Waals surface area (Å²) in [6, 6.07) is 3.56. The van der Waals surface area contributed by atoms with Crippen molar-refractivity contribution in [2.75, 3.05) is 27.6 Å². The summed E-state index contributed by atoms with van der Waals surface area (Å²) in [6.07, 6.45) is 0. The summed E-state index contributed by atoms with van der Waals surface area (Å²) >= 11 is 0. The predicted octanol–water partition coefficient (Wildman–Crippen LogP) is 0.686. The Morgan fingerprint density at radius 2 is 2.11 bits per heavy atom. The van der Waals surface area contributed by atoms with Gasteiger partial charge in [-0.15, -0.1) is 0 Å². The van der Waals surface area contributed by atoms with Crippen molar-refractivity contribution < 1.29 is 23.7 Å². The third kappa shape index (κ3) is 2.65. The van der Waals surface area contributed by atoms with Crippen molar-refractivity contribution in [1.82, 2.24) is 5.32 Å². The third-order valence-corrected chi connectivity index (χ3v) is 2.50. The second-order valence-electron chi connectivity index (χ2n) is 3.71. The van der Waals surface area contributed by atoms with Crippen LogP contribution in [0.5, 0.6) is 17.2 Å². The minimum atomic E-state index is -0.428. The Kier molecular flexibility index (Phi) is 3.88. The molecule has 0 amide bonds. The molecule has 6 heteroatoms. The van der Waals surface area contributed by atoms with Gasteiger partial charge in [-0.1, -0.05) is 0 Å². The standard InChI is InChI=1S/C12H15NO5/c1-13-5-8-3-10-11(18-7-17-10)4-9(8)16-6-12(14)15-2/h3-4,13H,5-7H2,1-2H3. The topological polar surface area (TPSA) is 66.0 Å². The second kappa shape index (κ2) is 5.59. The fourth-order valence-electron chi connectivity index (χ4n) is 1.62. The van der Waals surface area contributed by atoms with Gasteiger partial charge in [0.2, 0.25) is 6.79 Å². The molecule has 0 saturated heterocycles. The Bertz CT molecular complexity index is 446. The first-order valence-corrected chi connectivity index (χ1v) is 5.51. The SMILES string of the molecule is CNCc1cc2c(cc1OCC(=O)OC)OCO2. The first-order chi connectivity index (χ1) is 8.74. The van der Waals surface area contributed by atoms with Gasteiger partial charge in [-0.2, -0.15) is 0 Å². The summed E-state index contributed by atoms with van der Waals surface area (Å²) in [5.74, 6) is 1.46. The van der Waals surface area contributed by atoms with Crippen LogP contribution >= 0.6 is 0 Å². The Labute approximate surface area is 105 Å². The minimum absolute atomic E-state index is 0.132. The second-order valence-corrected chi connectivity index (χ2v) is 3.71. The van der Waals surface area contributed by atoms with Gasteiger partial charge < -0.3 is 24.3 Å². The van der Waals surface area contributed by atoms with Crippen LogP contribution in [0.25, 0.3) is 0 Å². The van der Waals surface area contributed by atoms with Crippen molar-refractivity contribution in [2.24, 2.45) is 0 Å². The quantitative estimate of drug-likeness (QED) is 0.779. The van der Waals surface area contributed by atoms with Crippen LogP contribution in [-0.2, 0) is 16.1 Å². The maximum atomic E-state index is 11.1. The fourth-order valence-corrected chi connectivity index (χ4v) is 1.62. The van der Waals surface area contributed by atoms with Crippen molar-refractivity contribution in [3.05, 3.63) is 17.7 Å². The van der Waals surface area contributed by atoms with E-state index in [1.54, 1.807) is 6.07 Å². The smallest absolute Gasteiger partial charge is 0.343 e. The lowest BCUT2D eigenvalue weighted by molar-refractivity contribution is -0.142. The van der Waals surface area contributed by atoms with Crippen LogP contribution in [0.4, 0.5) is 0 Å². The zero-order chi connectivity index (χ0) is 13.0. The van der Waals surface area contributed by atoms with E-state index in [0.29, 0.717) is 23.8 Å². The molecule has 1 aliphatic rings. The lowest BCUT2D eigenvalue weighted by atomic mass is 10.1. The molecule has 1 heterocycles. The summed E-state index contributed by atoms with van der Waals surface area (Å²) < 4.78 is 20.5. The molecule has 0 saturated carbocycles. The molecule has 98 valence electrons. The number of hydrogen-bond acceptors (Lipinski definition) is 6. The molecule has 0 atom stereocenters. The van der Waals surface area contributed by atoms with Gasteiger partial charge in [0.25, 0.3) is 0 Å². The molecule has 1 aromatic carbocycles. The molecule has 0 aliphatic carbocycles. The van der Waals surface area contributed by atoms with Gasteiger partial charge in [-0.3, -0.25) is 0 Å². The average molecular weight is 253 g/mol. The number of ether oxygens (including phenoxy) is 4. The highest BCUT2D eigenvalue weighted by molar-refractivity contribution is 5.71. The highest BCUT2D eigenvalue weighted by atomic mass is 16.7. The van der Waals surface area contributed by atoms with Gasteiger partial charge >= 0.3 is 5.97 Å². The number of rotatable bonds is 5. The van der Waals surface area contributed by atoms with Crippen molar-refractivity contribution in [3.8, 4) is 17.2 Å². The average Bonchev–Trinajstić information content (AvgIpc) is 2.83. The number of carbonyl (C=O) groups is 1. The number of hydrogen-bond donors (Lipinski definition) is 1. The molecule has 6 nitrogen and oxygen atoms in total. The lowest BCUT2D eigenvalue weighted by Gasteiger charge is -2.11. The maximum absolute atomic E-state index is 11.1. The van der Waals surface area contributed by atoms with Gasteiger partial charge in [-0.25, -0.2) is 4.79 Å². The van der Waals surface area contributed by atoms with Crippen LogP contribution in [0.15, 0.2) is 12.1 Å². The molecular formula is C12H15NO5. The molecule has 0 spiro atoms. The summed E-state index contributed by atoms with van der Waals surface area (Å²) in [6.45, 7) is 0.675. The molecule has 0 aromatic heterocycles. The van der Waals surface area contributed by atoms with Crippen LogP contribution in [0, 0.1) is 0 Å². The van der Waals surface area contributed by atoms with Gasteiger partial charge in [0.15, 0.2) is 18.1 Å². The van der Waals surface area contributed by atoms with Gasteiger partial charge in [0.05, 0.1) is 7.11 Å². The van der Waals surface area contributed by atoms with Gasteiger partial charge in [0, 0.05) is 18.2 Å². The molecule has 1 N–H and O–H groups in total. The monoisotopic (exact) mass is 253 g/mol. The zero-order valence-corrected chi connectivity index (χ0v) is 10.3. The van der Waals surface area contributed by atoms with Crippen LogP contribution in [0.1, 0.15) is 5.56 Å². The van der Waals surface area contributed by atoms with Crippen LogP contribution in [-0.4, -0.2) is 33.5 Å². The summed E-state index contributed by atoms with van der Waals surface area (Å²) in [7, 11) is 3.15. The molecule has 1 aromatic rings. The molecular weight excluding hydrogens is 238 g/mol. The van der Waals surface area contributed by atoms with Crippen molar-refractivity contribution >= 4 is 5.97 Å². The molecule has 1 aliphatic heterocycles. The largest absolute Gasteiger partial charge is 0.481 e. The molecule has 18 heavy (non-hydrogen) atoms. The molecule has 0 bridgehead atoms. The van der Waals surface area contributed by atoms with Gasteiger partial charge in [-0.05, 0) is 13.1 Å². The first-order valence-electron chi connectivity index (χ1n) is 5.51. The molecule has 2 rings (SSSR count). The van der Waals surface area contributed by atoms with E-state index in [1.165, 1.54) is 7.11 Å². The van der Waals surface area contributed by atoms with Crippen molar-refractivity contribution in [2.45, 2.75) is 6.54 Å². The van der Waals surface area contributed by atoms with Crippen molar-refractivity contribution in [3.63, 3.8) is 0 Å². The van der Waals surface area contributed by atoms with E-state index in [2.05, 4.69) is 10.1 Å². The highest BCUT2D eigenvalue weighted by Crippen LogP contribution is 2.38. The molecule has 0 unspecified atom stereocenters. The highest BCUT2D eigenvalue weighted by Gasteiger charge is 2.18. The Morgan fingerprint density at radius 1 is 1.39 bits per heavy atom. The number of methoxy groups -OCH3 is 1. The van der Waals surface area contributed by atoms with Crippen LogP contribution in [0.3, 0.4) is 0 Å². The van der Waals surface area contributed by atoms with Crippen LogP contribution < -0.4 is 19.5 Å². The summed E-state index contributed by atoms with van der Waals surface area (Å²) in [5.41, 5.74) is 0.894. The molecule has 0 radical (unpaired) electrons. The predicted molar refractivity (Wildman–Crippen MR) is 62.8 cm³/mol. The fraction of sp³-hybridized carbons (Fsp3) is 0.417. The number of esters is 1. The van der Waals surface area contributed by atoms with E-state index in [1.807, 2.05) is 13.1 Å². The van der Waals surface area contributed by atoms with Crippen molar-refractivity contribution in [1.29, 1.82) is 0 Å². The van der Waals surface area contributed by atoms with Crippen LogP contribution in [0.2, 0.25) is 0 Å². The van der Waals surface area contributed by atoms with E-state index in [-0.39, 0.29) is 13.4 Å². The van der Waals surface area contributed by atoms with E-state index in [0.717, 1.165) is 5.56 Å². The Morgan fingerprint density at radius 3 is 2.78 bits per heavy atom. The summed E-state index contributed by atoms with van der Waals surface area (Å²) in [4.78, 5) is 11.1. The minimum Gasteiger partial charge on any atom is -0.481 e. The first kappa shape index (κ1) is 12.5. The molecule has 0 fully saturated rings. The van der Waals surface area contributed by atoms with Gasteiger partial charge in [0.1, 0.15) is 5.75 Å². The normalized spacial score (nSPS) is 12.3. The van der Waals surface area contributed by atoms with E-state index in [9.17, 15) is 4.79 Å². The van der Waals surface area contributed by atoms with E-state index >= 15 is 0 Å².